The molecule has 0 radical (unpaired) electrons. The molecule has 0 fully saturated rings. The quantitative estimate of drug-likeness (QED) is 0.851. The van der Waals surface area contributed by atoms with Gasteiger partial charge in [-0.05, 0) is 28.5 Å². The topological polar surface area (TPSA) is 74.7 Å². The zero-order valence-corrected chi connectivity index (χ0v) is 14.4. The van der Waals surface area contributed by atoms with E-state index in [2.05, 4.69) is 0 Å². The summed E-state index contributed by atoms with van der Waals surface area (Å²) in [5, 5.41) is 9.52. The molecule has 1 heterocycles. The summed E-state index contributed by atoms with van der Waals surface area (Å²) in [6.45, 7) is 11.2. The van der Waals surface area contributed by atoms with E-state index in [-0.39, 0.29) is 16.5 Å². The summed E-state index contributed by atoms with van der Waals surface area (Å²) in [6.07, 6.45) is 0. The second kappa shape index (κ2) is 5.18. The van der Waals surface area contributed by atoms with Crippen LogP contribution in [0.4, 0.5) is 0 Å². The van der Waals surface area contributed by atoms with E-state index in [1.165, 1.54) is 0 Å². The molecule has 1 aromatic carbocycles. The van der Waals surface area contributed by atoms with Gasteiger partial charge in [-0.1, -0.05) is 47.6 Å². The van der Waals surface area contributed by atoms with Crippen LogP contribution in [0, 0.1) is 5.41 Å². The van der Waals surface area contributed by atoms with Crippen molar-refractivity contribution < 1.29 is 19.5 Å². The van der Waals surface area contributed by atoms with Crippen molar-refractivity contribution in [3.05, 3.63) is 34.9 Å². The molecule has 5 nitrogen and oxygen atoms in total. The first-order valence-corrected chi connectivity index (χ1v) is 7.61. The van der Waals surface area contributed by atoms with Crippen molar-refractivity contribution in [3.8, 4) is 0 Å². The molecule has 1 atom stereocenters. The van der Waals surface area contributed by atoms with Crippen LogP contribution in [0.5, 0.6) is 0 Å². The first kappa shape index (κ1) is 17.2. The molecule has 0 saturated carbocycles. The molecule has 1 N–H and O–H groups in total. The fourth-order valence-electron chi connectivity index (χ4n) is 2.83. The fraction of sp³-hybridized carbons (Fsp3) is 0.500. The lowest BCUT2D eigenvalue weighted by Gasteiger charge is -2.33. The van der Waals surface area contributed by atoms with E-state index in [1.54, 1.807) is 32.9 Å². The highest BCUT2D eigenvalue weighted by molar-refractivity contribution is 6.22. The molecule has 0 saturated heterocycles. The Hall–Kier alpha value is -2.17. The lowest BCUT2D eigenvalue weighted by Crippen LogP contribution is -2.51. The van der Waals surface area contributed by atoms with Gasteiger partial charge < -0.3 is 5.11 Å². The van der Waals surface area contributed by atoms with Gasteiger partial charge in [0.1, 0.15) is 6.04 Å². The average molecular weight is 317 g/mol. The van der Waals surface area contributed by atoms with Crippen molar-refractivity contribution in [3.63, 3.8) is 0 Å². The Kier molecular flexibility index (Phi) is 3.87. The molecule has 0 aromatic heterocycles. The van der Waals surface area contributed by atoms with Crippen molar-refractivity contribution in [1.29, 1.82) is 0 Å². The maximum Gasteiger partial charge on any atom is 0.327 e. The predicted molar refractivity (Wildman–Crippen MR) is 86.5 cm³/mol. The summed E-state index contributed by atoms with van der Waals surface area (Å²) in [6, 6.07) is 3.95. The zero-order valence-electron chi connectivity index (χ0n) is 14.4. The number of carboxylic acids is 1. The molecule has 2 amide bonds. The number of rotatable bonds is 2. The average Bonchev–Trinajstić information content (AvgIpc) is 2.61. The summed E-state index contributed by atoms with van der Waals surface area (Å²) < 4.78 is 0. The van der Waals surface area contributed by atoms with Gasteiger partial charge in [0.15, 0.2) is 0 Å². The van der Waals surface area contributed by atoms with Crippen LogP contribution < -0.4 is 0 Å². The molecule has 0 bridgehead atoms. The van der Waals surface area contributed by atoms with Gasteiger partial charge in [-0.15, -0.1) is 0 Å². The summed E-state index contributed by atoms with van der Waals surface area (Å²) in [7, 11) is 0. The number of hydrogen-bond donors (Lipinski definition) is 1. The minimum absolute atomic E-state index is 0.165. The van der Waals surface area contributed by atoms with Gasteiger partial charge in [-0.2, -0.15) is 0 Å². The standard InChI is InChI=1S/C18H23NO4/c1-17(2,3)10-7-8-11-12(9-10)15(21)19(14(11)20)13(16(22)23)18(4,5)6/h7-9,13H,1-6H3,(H,22,23). The molecule has 23 heavy (non-hydrogen) atoms. The minimum Gasteiger partial charge on any atom is -0.480 e. The van der Waals surface area contributed by atoms with Crippen molar-refractivity contribution >= 4 is 17.8 Å². The number of carboxylic acid groups (broad SMARTS) is 1. The highest BCUT2D eigenvalue weighted by Gasteiger charge is 2.47. The van der Waals surface area contributed by atoms with Crippen LogP contribution in [0.1, 0.15) is 67.8 Å². The number of carbonyl (C=O) groups is 3. The van der Waals surface area contributed by atoms with E-state index in [9.17, 15) is 19.5 Å². The molecule has 1 aliphatic heterocycles. The van der Waals surface area contributed by atoms with Crippen LogP contribution in [-0.4, -0.2) is 33.8 Å². The van der Waals surface area contributed by atoms with Gasteiger partial charge in [0.05, 0.1) is 11.1 Å². The highest BCUT2D eigenvalue weighted by Crippen LogP contribution is 2.34. The van der Waals surface area contributed by atoms with Crippen LogP contribution in [-0.2, 0) is 10.2 Å². The largest absolute Gasteiger partial charge is 0.480 e. The Morgan fingerprint density at radius 3 is 1.96 bits per heavy atom. The Balaban J connectivity index is 2.55. The normalized spacial score (nSPS) is 16.5. The van der Waals surface area contributed by atoms with Gasteiger partial charge in [0.25, 0.3) is 11.8 Å². The Bertz CT molecular complexity index is 692. The number of fused-ring (bicyclic) bond motifs is 1. The van der Waals surface area contributed by atoms with Crippen LogP contribution in [0.2, 0.25) is 0 Å². The minimum atomic E-state index is -1.20. The lowest BCUT2D eigenvalue weighted by molar-refractivity contribution is -0.145. The molecule has 124 valence electrons. The van der Waals surface area contributed by atoms with Crippen molar-refractivity contribution in [2.24, 2.45) is 5.41 Å². The third-order valence-corrected chi connectivity index (χ3v) is 4.10. The second-order valence-corrected chi connectivity index (χ2v) is 8.10. The maximum absolute atomic E-state index is 12.7. The van der Waals surface area contributed by atoms with E-state index in [4.69, 9.17) is 0 Å². The zero-order chi connectivity index (χ0) is 17.7. The number of carbonyl (C=O) groups excluding carboxylic acids is 2. The van der Waals surface area contributed by atoms with Gasteiger partial charge in [0.2, 0.25) is 0 Å². The van der Waals surface area contributed by atoms with E-state index in [1.807, 2.05) is 26.8 Å². The second-order valence-electron chi connectivity index (χ2n) is 8.10. The summed E-state index contributed by atoms with van der Waals surface area (Å²) in [4.78, 5) is 37.9. The Labute approximate surface area is 136 Å². The molecule has 5 heteroatoms. The lowest BCUT2D eigenvalue weighted by atomic mass is 9.85. The maximum atomic E-state index is 12.7. The van der Waals surface area contributed by atoms with Crippen LogP contribution in [0.3, 0.4) is 0 Å². The number of nitrogens with zero attached hydrogens (tertiary/aromatic N) is 1. The Morgan fingerprint density at radius 2 is 1.52 bits per heavy atom. The van der Waals surface area contributed by atoms with Gasteiger partial charge in [-0.25, -0.2) is 4.79 Å². The van der Waals surface area contributed by atoms with E-state index in [0.717, 1.165) is 10.5 Å². The Morgan fingerprint density at radius 1 is 1.00 bits per heavy atom. The third-order valence-electron chi connectivity index (χ3n) is 4.10. The molecule has 0 aliphatic carbocycles. The summed E-state index contributed by atoms with van der Waals surface area (Å²) in [5.41, 5.74) is 0.576. The molecule has 1 aliphatic rings. The molecular formula is C18H23NO4. The number of benzene rings is 1. The van der Waals surface area contributed by atoms with Crippen LogP contribution >= 0.6 is 0 Å². The smallest absolute Gasteiger partial charge is 0.327 e. The highest BCUT2D eigenvalue weighted by atomic mass is 16.4. The van der Waals surface area contributed by atoms with Crippen LogP contribution in [0.25, 0.3) is 0 Å². The first-order valence-electron chi connectivity index (χ1n) is 7.61. The fourth-order valence-corrected chi connectivity index (χ4v) is 2.83. The molecule has 0 spiro atoms. The van der Waals surface area contributed by atoms with Gasteiger partial charge >= 0.3 is 5.97 Å². The van der Waals surface area contributed by atoms with Crippen molar-refractivity contribution in [2.75, 3.05) is 0 Å². The predicted octanol–water partition coefficient (Wildman–Crippen LogP) is 3.08. The number of imide groups is 1. The monoisotopic (exact) mass is 317 g/mol. The van der Waals surface area contributed by atoms with Crippen LogP contribution in [0.15, 0.2) is 18.2 Å². The van der Waals surface area contributed by atoms with Gasteiger partial charge in [-0.3, -0.25) is 14.5 Å². The molecule has 1 unspecified atom stereocenters. The van der Waals surface area contributed by atoms with Crippen molar-refractivity contribution in [1.82, 2.24) is 4.90 Å². The summed E-state index contributed by atoms with van der Waals surface area (Å²) in [5.74, 6) is -2.24. The molecule has 1 aromatic rings. The molecular weight excluding hydrogens is 294 g/mol. The number of amides is 2. The summed E-state index contributed by atoms with van der Waals surface area (Å²) >= 11 is 0. The first-order chi connectivity index (χ1) is 10.4. The van der Waals surface area contributed by atoms with E-state index in [0.29, 0.717) is 0 Å². The third kappa shape index (κ3) is 2.87. The number of aliphatic carboxylic acids is 1. The van der Waals surface area contributed by atoms with Gasteiger partial charge in [0, 0.05) is 0 Å². The van der Waals surface area contributed by atoms with E-state index >= 15 is 0 Å². The molecule has 2 rings (SSSR count). The van der Waals surface area contributed by atoms with Crippen molar-refractivity contribution in [2.45, 2.75) is 53.0 Å². The van der Waals surface area contributed by atoms with E-state index < -0.39 is 29.2 Å². The SMILES string of the molecule is CC(C)(C)c1ccc2c(c1)C(=O)N(C(C(=O)O)C(C)(C)C)C2=O. The number of hydrogen-bond acceptors (Lipinski definition) is 3.